The third-order valence-corrected chi connectivity index (χ3v) is 3.61. The largest absolute Gasteiger partial charge is 0.465 e. The maximum atomic E-state index is 11.2. The molecule has 0 aliphatic carbocycles. The zero-order valence-electron chi connectivity index (χ0n) is 11.3. The van der Waals surface area contributed by atoms with Crippen molar-refractivity contribution in [1.82, 2.24) is 0 Å². The molecule has 0 spiro atoms. The Kier molecular flexibility index (Phi) is 12.9. The van der Waals surface area contributed by atoms with Crippen LogP contribution in [0.1, 0.15) is 58.3 Å². The predicted octanol–water partition coefficient (Wildman–Crippen LogP) is 3.65. The van der Waals surface area contributed by atoms with Gasteiger partial charge in [0.05, 0.1) is 12.4 Å². The first-order valence-electron chi connectivity index (χ1n) is 6.74. The first-order valence-corrected chi connectivity index (χ1v) is 8.14. The summed E-state index contributed by atoms with van der Waals surface area (Å²) in [6.07, 6.45) is 9.95. The highest BCUT2D eigenvalue weighted by molar-refractivity contribution is 8.23. The van der Waals surface area contributed by atoms with Gasteiger partial charge in [0.25, 0.3) is 0 Å². The van der Waals surface area contributed by atoms with Gasteiger partial charge in [0, 0.05) is 0 Å². The molecule has 106 valence electrons. The van der Waals surface area contributed by atoms with Crippen molar-refractivity contribution in [1.29, 1.82) is 0 Å². The molecule has 3 nitrogen and oxygen atoms in total. The fraction of sp³-hybridized carbons (Fsp3) is 0.846. The van der Waals surface area contributed by atoms with Crippen LogP contribution in [0.2, 0.25) is 0 Å². The summed E-state index contributed by atoms with van der Waals surface area (Å²) in [4.78, 5) is 11.2. The smallest absolute Gasteiger partial charge is 0.316 e. The Morgan fingerprint density at radius 1 is 1.11 bits per heavy atom. The Balaban J connectivity index is 3.15. The summed E-state index contributed by atoms with van der Waals surface area (Å²) in [6, 6.07) is 0. The van der Waals surface area contributed by atoms with Gasteiger partial charge in [-0.3, -0.25) is 4.79 Å². The quantitative estimate of drug-likeness (QED) is 0.358. The summed E-state index contributed by atoms with van der Waals surface area (Å²) < 4.78 is 5.35. The molecule has 0 aromatic carbocycles. The molecule has 18 heavy (non-hydrogen) atoms. The Bertz CT molecular complexity index is 235. The van der Waals surface area contributed by atoms with Crippen molar-refractivity contribution >= 4 is 34.3 Å². The van der Waals surface area contributed by atoms with Crippen LogP contribution >= 0.6 is 24.0 Å². The fourth-order valence-electron chi connectivity index (χ4n) is 1.59. The molecule has 2 N–H and O–H groups in total. The van der Waals surface area contributed by atoms with Crippen LogP contribution in [0, 0.1) is 0 Å². The minimum Gasteiger partial charge on any atom is -0.465 e. The van der Waals surface area contributed by atoms with Gasteiger partial charge >= 0.3 is 5.97 Å². The molecule has 0 unspecified atom stereocenters. The van der Waals surface area contributed by atoms with Crippen LogP contribution in [0.15, 0.2) is 0 Å². The Labute approximate surface area is 120 Å². The maximum absolute atomic E-state index is 11.2. The van der Waals surface area contributed by atoms with E-state index >= 15 is 0 Å². The third kappa shape index (κ3) is 13.8. The van der Waals surface area contributed by atoms with Gasteiger partial charge in [-0.15, -0.1) is 0 Å². The van der Waals surface area contributed by atoms with Crippen LogP contribution in [-0.4, -0.2) is 22.6 Å². The first kappa shape index (κ1) is 17.7. The van der Waals surface area contributed by atoms with E-state index < -0.39 is 0 Å². The molecule has 0 aromatic rings. The van der Waals surface area contributed by atoms with Gasteiger partial charge in [0.2, 0.25) is 0 Å². The molecule has 0 heterocycles. The zero-order valence-corrected chi connectivity index (χ0v) is 12.9. The highest BCUT2D eigenvalue weighted by Gasteiger charge is 2.03. The van der Waals surface area contributed by atoms with Crippen molar-refractivity contribution < 1.29 is 9.53 Å². The lowest BCUT2D eigenvalue weighted by Gasteiger charge is -2.04. The Morgan fingerprint density at radius 2 is 1.67 bits per heavy atom. The fourth-order valence-corrected chi connectivity index (χ4v) is 2.11. The van der Waals surface area contributed by atoms with E-state index in [1.165, 1.54) is 38.5 Å². The minimum absolute atomic E-state index is 0.226. The Hall–Kier alpha value is -0.290. The van der Waals surface area contributed by atoms with Crippen molar-refractivity contribution in [2.24, 2.45) is 5.73 Å². The highest BCUT2D eigenvalue weighted by atomic mass is 32.2. The van der Waals surface area contributed by atoms with E-state index in [0.717, 1.165) is 24.6 Å². The second-order valence-corrected chi connectivity index (χ2v) is 6.02. The van der Waals surface area contributed by atoms with Crippen molar-refractivity contribution in [2.45, 2.75) is 58.3 Å². The average molecular weight is 291 g/mol. The molecule has 0 radical (unpaired) electrons. The second kappa shape index (κ2) is 13.1. The molecule has 0 saturated carbocycles. The van der Waals surface area contributed by atoms with E-state index in [4.69, 9.17) is 10.5 Å². The van der Waals surface area contributed by atoms with E-state index in [1.54, 1.807) is 0 Å². The minimum atomic E-state index is -0.226. The SMILES string of the molecule is CCCCCCCCCCOC(=O)CSC(N)=S. The van der Waals surface area contributed by atoms with Crippen LogP contribution in [0.3, 0.4) is 0 Å². The molecule has 0 atom stereocenters. The molecule has 0 bridgehead atoms. The topological polar surface area (TPSA) is 52.3 Å². The number of hydrogen-bond acceptors (Lipinski definition) is 4. The molecular formula is C13H25NO2S2. The van der Waals surface area contributed by atoms with E-state index in [1.807, 2.05) is 0 Å². The lowest BCUT2D eigenvalue weighted by molar-refractivity contribution is -0.140. The molecule has 0 rings (SSSR count). The number of rotatable bonds is 11. The number of unbranched alkanes of at least 4 members (excludes halogenated alkanes) is 7. The summed E-state index contributed by atoms with van der Waals surface area (Å²) in [6.45, 7) is 2.75. The number of hydrogen-bond donors (Lipinski definition) is 1. The normalized spacial score (nSPS) is 10.3. The standard InChI is InChI=1S/C13H25NO2S2/c1-2-3-4-5-6-7-8-9-10-16-12(15)11-18-13(14)17/h2-11H2,1H3,(H2,14,17). The molecule has 0 aliphatic rings. The summed E-state index contributed by atoms with van der Waals surface area (Å²) in [5.74, 6) is 0.00236. The number of carbonyl (C=O) groups excluding carboxylic acids is 1. The summed E-state index contributed by atoms with van der Waals surface area (Å²) >= 11 is 5.81. The average Bonchev–Trinajstić information content (AvgIpc) is 2.34. The van der Waals surface area contributed by atoms with Crippen LogP contribution in [0.25, 0.3) is 0 Å². The highest BCUT2D eigenvalue weighted by Crippen LogP contribution is 2.08. The third-order valence-electron chi connectivity index (χ3n) is 2.59. The van der Waals surface area contributed by atoms with Gasteiger partial charge in [-0.05, 0) is 6.42 Å². The Morgan fingerprint density at radius 3 is 2.22 bits per heavy atom. The van der Waals surface area contributed by atoms with Gasteiger partial charge in [0.1, 0.15) is 4.32 Å². The van der Waals surface area contributed by atoms with Crippen LogP contribution < -0.4 is 5.73 Å². The monoisotopic (exact) mass is 291 g/mol. The summed E-state index contributed by atoms with van der Waals surface area (Å²) in [5.41, 5.74) is 5.27. The van der Waals surface area contributed by atoms with Crippen molar-refractivity contribution in [2.75, 3.05) is 12.4 Å². The second-order valence-electron chi connectivity index (χ2n) is 4.30. The van der Waals surface area contributed by atoms with Crippen molar-refractivity contribution in [3.63, 3.8) is 0 Å². The molecule has 0 saturated heterocycles. The van der Waals surface area contributed by atoms with E-state index in [-0.39, 0.29) is 11.7 Å². The van der Waals surface area contributed by atoms with Gasteiger partial charge in [-0.25, -0.2) is 0 Å². The lowest BCUT2D eigenvalue weighted by Crippen LogP contribution is -2.12. The van der Waals surface area contributed by atoms with Crippen LogP contribution in [0.4, 0.5) is 0 Å². The molecule has 5 heteroatoms. The van der Waals surface area contributed by atoms with Gasteiger partial charge in [-0.2, -0.15) is 0 Å². The lowest BCUT2D eigenvalue weighted by atomic mass is 10.1. The van der Waals surface area contributed by atoms with Crippen LogP contribution in [0.5, 0.6) is 0 Å². The van der Waals surface area contributed by atoms with E-state index in [9.17, 15) is 4.79 Å². The summed E-state index contributed by atoms with van der Waals surface area (Å²) in [7, 11) is 0. The van der Waals surface area contributed by atoms with E-state index in [2.05, 4.69) is 19.1 Å². The molecule has 0 fully saturated rings. The zero-order chi connectivity index (χ0) is 13.6. The number of nitrogens with two attached hydrogens (primary N) is 1. The van der Waals surface area contributed by atoms with Gasteiger partial charge < -0.3 is 10.5 Å². The van der Waals surface area contributed by atoms with Crippen molar-refractivity contribution in [3.8, 4) is 0 Å². The molecule has 0 amide bonds. The van der Waals surface area contributed by atoms with Gasteiger partial charge in [0.15, 0.2) is 0 Å². The predicted molar refractivity (Wildman–Crippen MR) is 82.8 cm³/mol. The number of ether oxygens (including phenoxy) is 1. The number of thiocarbonyl (C=S) groups is 1. The molecule has 0 aromatic heterocycles. The number of carbonyl (C=O) groups is 1. The number of esters is 1. The maximum Gasteiger partial charge on any atom is 0.316 e. The number of thioether (sulfide) groups is 1. The van der Waals surface area contributed by atoms with Crippen LogP contribution in [-0.2, 0) is 9.53 Å². The van der Waals surface area contributed by atoms with Gasteiger partial charge in [-0.1, -0.05) is 75.8 Å². The molecule has 0 aliphatic heterocycles. The molecular weight excluding hydrogens is 266 g/mol. The van der Waals surface area contributed by atoms with E-state index in [0.29, 0.717) is 10.9 Å². The first-order chi connectivity index (χ1) is 8.66. The van der Waals surface area contributed by atoms with Crippen molar-refractivity contribution in [3.05, 3.63) is 0 Å². The summed E-state index contributed by atoms with van der Waals surface area (Å²) in [5, 5.41) is 0.